The Balaban J connectivity index is 0.000000345. The van der Waals surface area contributed by atoms with Crippen LogP contribution in [0.4, 0.5) is 45.4 Å². The summed E-state index contributed by atoms with van der Waals surface area (Å²) in [5.74, 6) is 0.675. The average molecular weight is 850 g/mol. The molecule has 0 radical (unpaired) electrons. The average Bonchev–Trinajstić information content (AvgIpc) is 3.06. The molecule has 2 unspecified atom stereocenters. The summed E-state index contributed by atoms with van der Waals surface area (Å²) in [5, 5.41) is 11.4. The lowest BCUT2D eigenvalue weighted by Gasteiger charge is -2.19. The number of ether oxygens (including phenoxy) is 3. The highest BCUT2D eigenvalue weighted by Crippen LogP contribution is 2.20. The number of hydrogen-bond acceptors (Lipinski definition) is 17. The van der Waals surface area contributed by atoms with E-state index in [1.54, 1.807) is 69.3 Å². The molecule has 0 aliphatic carbocycles. The molecule has 2 atom stereocenters. The Bertz CT molecular complexity index is 1810. The van der Waals surface area contributed by atoms with Gasteiger partial charge in [-0.25, -0.2) is 4.79 Å². The largest absolute Gasteiger partial charge is 0.755 e. The predicted octanol–water partition coefficient (Wildman–Crippen LogP) is 4.57. The molecule has 1 amide bonds. The van der Waals surface area contributed by atoms with Crippen molar-refractivity contribution >= 4 is 104 Å². The van der Waals surface area contributed by atoms with Crippen LogP contribution in [0.2, 0.25) is 15.9 Å². The smallest absolute Gasteiger partial charge is 0.407 e. The molecule has 0 aliphatic rings. The van der Waals surface area contributed by atoms with Gasteiger partial charge in [0.1, 0.15) is 5.60 Å². The molecule has 0 spiro atoms. The first-order valence-electron chi connectivity index (χ1n) is 15.4. The molecule has 25 heteroatoms. The third-order valence-electron chi connectivity index (χ3n) is 5.69. The standard InChI is InChI=1S/C20H30ClN7O6S.C9H7Cl2N5O2S/c1-20(2,3)34-19(29)23-9-11-33-13-12-32-10-8-22-17-25-16(21)26-18(27-17)24-14-4-6-15(7-5-14)28-35(30)31;10-7-13-8(11)15-9(14-7)12-5-1-3-6(4-2-5)16-19(17)18/h4-7,28H,8-13H2,1-3H3,(H,23,29)(H,30,31)(H2,22,24,25,26,27);1-4,16H,(H,17,18)(H,12,13,14,15)/p-2. The number of benzene rings is 2. The minimum Gasteiger partial charge on any atom is -0.755 e. The Morgan fingerprint density at radius 2 is 1.04 bits per heavy atom. The lowest BCUT2D eigenvalue weighted by atomic mass is 10.2. The first kappa shape index (κ1) is 44.1. The van der Waals surface area contributed by atoms with Gasteiger partial charge in [-0.3, -0.25) is 8.42 Å². The van der Waals surface area contributed by atoms with Crippen LogP contribution in [-0.4, -0.2) is 98.6 Å². The van der Waals surface area contributed by atoms with Crippen molar-refractivity contribution in [1.29, 1.82) is 0 Å². The van der Waals surface area contributed by atoms with Crippen molar-refractivity contribution in [2.24, 2.45) is 0 Å². The van der Waals surface area contributed by atoms with E-state index in [2.05, 4.69) is 60.6 Å². The lowest BCUT2D eigenvalue weighted by molar-refractivity contribution is 0.0415. The maximum atomic E-state index is 11.5. The van der Waals surface area contributed by atoms with E-state index in [1.165, 1.54) is 0 Å². The third-order valence-corrected chi connectivity index (χ3v) is 7.00. The third kappa shape index (κ3) is 19.2. The molecule has 54 heavy (non-hydrogen) atoms. The van der Waals surface area contributed by atoms with E-state index in [1.807, 2.05) is 0 Å². The zero-order chi connectivity index (χ0) is 39.5. The van der Waals surface area contributed by atoms with Gasteiger partial charge in [-0.15, -0.1) is 0 Å². The minimum atomic E-state index is -2.39. The van der Waals surface area contributed by atoms with E-state index in [9.17, 15) is 22.3 Å². The summed E-state index contributed by atoms with van der Waals surface area (Å²) in [6, 6.07) is 12.9. The van der Waals surface area contributed by atoms with Gasteiger partial charge in [0.2, 0.25) is 33.7 Å². The van der Waals surface area contributed by atoms with Crippen molar-refractivity contribution in [3.8, 4) is 0 Å². The summed E-state index contributed by atoms with van der Waals surface area (Å²) in [7, 11) is 0. The fraction of sp³-hybridized carbons (Fsp3) is 0.345. The quantitative estimate of drug-likeness (QED) is 0.0591. The van der Waals surface area contributed by atoms with Crippen LogP contribution in [0.3, 0.4) is 0 Å². The Hall–Kier alpha value is -4.26. The summed E-state index contributed by atoms with van der Waals surface area (Å²) in [4.78, 5) is 35.0. The maximum Gasteiger partial charge on any atom is 0.407 e. The molecular formula is C29H35Cl3N12O8S2-2. The Labute approximate surface area is 330 Å². The van der Waals surface area contributed by atoms with Crippen molar-refractivity contribution in [3.05, 3.63) is 64.4 Å². The van der Waals surface area contributed by atoms with Crippen molar-refractivity contribution < 1.29 is 36.5 Å². The lowest BCUT2D eigenvalue weighted by Crippen LogP contribution is -2.34. The molecule has 6 N–H and O–H groups in total. The number of nitrogens with zero attached hydrogens (tertiary/aromatic N) is 6. The van der Waals surface area contributed by atoms with Crippen LogP contribution in [-0.2, 0) is 36.7 Å². The molecule has 0 bridgehead atoms. The summed E-state index contributed by atoms with van der Waals surface area (Å²) in [5.41, 5.74) is 1.59. The van der Waals surface area contributed by atoms with Crippen LogP contribution in [0.5, 0.6) is 0 Å². The normalized spacial score (nSPS) is 12.0. The predicted molar refractivity (Wildman–Crippen MR) is 204 cm³/mol. The molecule has 0 saturated carbocycles. The van der Waals surface area contributed by atoms with E-state index in [-0.39, 0.29) is 33.7 Å². The number of anilines is 7. The molecule has 4 rings (SSSR count). The van der Waals surface area contributed by atoms with Gasteiger partial charge in [-0.1, -0.05) is 0 Å². The molecule has 2 aromatic heterocycles. The summed E-state index contributed by atoms with van der Waals surface area (Å²) >= 11 is 12.5. The number of alkyl carbamates (subject to hydrolysis) is 1. The number of hydrogen-bond donors (Lipinski definition) is 6. The molecule has 0 aliphatic heterocycles. The first-order chi connectivity index (χ1) is 25.6. The van der Waals surface area contributed by atoms with Gasteiger partial charge in [0.15, 0.2) is 0 Å². The first-order valence-corrected chi connectivity index (χ1v) is 18.7. The Morgan fingerprint density at radius 3 is 1.50 bits per heavy atom. The second-order valence-corrected chi connectivity index (χ2v) is 13.5. The highest BCUT2D eigenvalue weighted by Gasteiger charge is 2.15. The second-order valence-electron chi connectivity index (χ2n) is 11.1. The molecule has 2 aromatic carbocycles. The highest BCUT2D eigenvalue weighted by molar-refractivity contribution is 7.80. The minimum absolute atomic E-state index is 0.000604. The zero-order valence-electron chi connectivity index (χ0n) is 28.8. The van der Waals surface area contributed by atoms with E-state index in [0.717, 1.165) is 0 Å². The number of amides is 1. The Kier molecular flexibility index (Phi) is 18.7. The number of aromatic nitrogens is 6. The van der Waals surface area contributed by atoms with Crippen LogP contribution in [0, 0.1) is 0 Å². The zero-order valence-corrected chi connectivity index (χ0v) is 32.7. The number of halogens is 3. The van der Waals surface area contributed by atoms with Crippen LogP contribution in [0.15, 0.2) is 48.5 Å². The van der Waals surface area contributed by atoms with E-state index in [4.69, 9.17) is 49.0 Å². The van der Waals surface area contributed by atoms with Gasteiger partial charge in [-0.2, -0.15) is 29.9 Å². The van der Waals surface area contributed by atoms with Gasteiger partial charge < -0.3 is 54.0 Å². The van der Waals surface area contributed by atoms with Gasteiger partial charge in [0.25, 0.3) is 0 Å². The Morgan fingerprint density at radius 1 is 0.630 bits per heavy atom. The fourth-order valence-electron chi connectivity index (χ4n) is 3.66. The summed E-state index contributed by atoms with van der Waals surface area (Å²) in [6.45, 7) is 7.63. The monoisotopic (exact) mass is 848 g/mol. The number of nitrogens with one attached hydrogen (secondary N) is 6. The molecule has 20 nitrogen and oxygen atoms in total. The fourth-order valence-corrected chi connectivity index (χ4v) is 4.84. The molecule has 294 valence electrons. The molecule has 0 fully saturated rings. The van der Waals surface area contributed by atoms with Crippen LogP contribution in [0.25, 0.3) is 0 Å². The molecular weight excluding hydrogens is 815 g/mol. The van der Waals surface area contributed by atoms with Crippen LogP contribution >= 0.6 is 34.8 Å². The van der Waals surface area contributed by atoms with Crippen molar-refractivity contribution in [3.63, 3.8) is 0 Å². The highest BCUT2D eigenvalue weighted by atomic mass is 35.5. The van der Waals surface area contributed by atoms with Gasteiger partial charge in [-0.05, 0) is 104 Å². The summed E-state index contributed by atoms with van der Waals surface area (Å²) in [6.07, 6.45) is -0.481. The van der Waals surface area contributed by atoms with Crippen LogP contribution < -0.4 is 30.7 Å². The van der Waals surface area contributed by atoms with Crippen molar-refractivity contribution in [1.82, 2.24) is 35.2 Å². The molecule has 2 heterocycles. The number of carbonyl (C=O) groups is 1. The number of rotatable bonds is 18. The molecule has 4 aromatic rings. The SMILES string of the molecule is CC(C)(C)OC(=O)NCCOCCOCCNc1nc(Cl)nc(Nc2ccc(NS(=O)[O-])cc2)n1.O=S([O-])Nc1ccc(Nc2nc(Cl)nc(Cl)n2)cc1. The van der Waals surface area contributed by atoms with Crippen molar-refractivity contribution in [2.75, 3.05) is 64.9 Å². The second kappa shape index (κ2) is 22.8. The van der Waals surface area contributed by atoms with E-state index < -0.39 is 34.2 Å². The summed E-state index contributed by atoms with van der Waals surface area (Å²) < 4.78 is 62.7. The van der Waals surface area contributed by atoms with Crippen LogP contribution in [0.1, 0.15) is 20.8 Å². The van der Waals surface area contributed by atoms with Crippen molar-refractivity contribution in [2.45, 2.75) is 26.4 Å². The topological polar surface area (TPSA) is 275 Å². The van der Waals surface area contributed by atoms with Gasteiger partial charge >= 0.3 is 6.09 Å². The maximum absolute atomic E-state index is 11.5. The van der Waals surface area contributed by atoms with Gasteiger partial charge in [0, 0.05) is 58.4 Å². The van der Waals surface area contributed by atoms with E-state index >= 15 is 0 Å². The number of carbonyl (C=O) groups excluding carboxylic acids is 1. The van der Waals surface area contributed by atoms with Gasteiger partial charge in [0.05, 0.1) is 26.4 Å². The van der Waals surface area contributed by atoms with E-state index in [0.29, 0.717) is 62.3 Å². The molecule has 0 saturated heterocycles.